The standard InChI is InChI=1S/C11H18N2S/c1-10-8-13-6-4-11(10)9-12-5-3-7-14-2/h4,6,8,12H,3,5,7,9H2,1-2H3. The number of nitrogens with one attached hydrogen (secondary N) is 1. The first kappa shape index (κ1) is 11.5. The molecule has 1 aromatic rings. The minimum Gasteiger partial charge on any atom is -0.313 e. The Bertz CT molecular complexity index is 263. The Morgan fingerprint density at radius 2 is 2.36 bits per heavy atom. The highest BCUT2D eigenvalue weighted by molar-refractivity contribution is 7.98. The van der Waals surface area contributed by atoms with E-state index in [2.05, 4.69) is 29.5 Å². The lowest BCUT2D eigenvalue weighted by molar-refractivity contribution is 0.676. The van der Waals surface area contributed by atoms with Gasteiger partial charge in [0.1, 0.15) is 0 Å². The molecule has 0 radical (unpaired) electrons. The molecule has 0 bridgehead atoms. The van der Waals surface area contributed by atoms with E-state index in [9.17, 15) is 0 Å². The van der Waals surface area contributed by atoms with Crippen molar-refractivity contribution in [3.05, 3.63) is 29.6 Å². The van der Waals surface area contributed by atoms with E-state index in [-0.39, 0.29) is 0 Å². The number of thioether (sulfide) groups is 1. The van der Waals surface area contributed by atoms with Crippen molar-refractivity contribution in [1.29, 1.82) is 0 Å². The van der Waals surface area contributed by atoms with Crippen LogP contribution < -0.4 is 5.32 Å². The molecule has 0 aliphatic carbocycles. The lowest BCUT2D eigenvalue weighted by Gasteiger charge is -2.06. The van der Waals surface area contributed by atoms with Gasteiger partial charge in [0, 0.05) is 18.9 Å². The number of hydrogen-bond acceptors (Lipinski definition) is 3. The molecule has 1 rings (SSSR count). The van der Waals surface area contributed by atoms with Crippen LogP contribution in [-0.2, 0) is 6.54 Å². The monoisotopic (exact) mass is 210 g/mol. The van der Waals surface area contributed by atoms with Gasteiger partial charge in [0.05, 0.1) is 0 Å². The molecule has 2 nitrogen and oxygen atoms in total. The number of pyridine rings is 1. The number of rotatable bonds is 6. The van der Waals surface area contributed by atoms with Crippen LogP contribution in [0.4, 0.5) is 0 Å². The zero-order chi connectivity index (χ0) is 10.2. The van der Waals surface area contributed by atoms with Crippen molar-refractivity contribution in [1.82, 2.24) is 10.3 Å². The molecule has 0 amide bonds. The van der Waals surface area contributed by atoms with Gasteiger partial charge in [-0.05, 0) is 49.1 Å². The Morgan fingerprint density at radius 1 is 1.50 bits per heavy atom. The zero-order valence-electron chi connectivity index (χ0n) is 8.92. The predicted molar refractivity (Wildman–Crippen MR) is 63.7 cm³/mol. The summed E-state index contributed by atoms with van der Waals surface area (Å²) in [6, 6.07) is 2.08. The Hall–Kier alpha value is -0.540. The number of aryl methyl sites for hydroxylation is 1. The van der Waals surface area contributed by atoms with Crippen LogP contribution in [0, 0.1) is 6.92 Å². The Morgan fingerprint density at radius 3 is 3.07 bits per heavy atom. The van der Waals surface area contributed by atoms with Gasteiger partial charge in [-0.3, -0.25) is 4.98 Å². The third-order valence-corrected chi connectivity index (χ3v) is 2.85. The third kappa shape index (κ3) is 4.11. The Balaban J connectivity index is 2.21. The van der Waals surface area contributed by atoms with Gasteiger partial charge in [-0.15, -0.1) is 0 Å². The predicted octanol–water partition coefficient (Wildman–Crippen LogP) is 2.23. The molecule has 0 aromatic carbocycles. The molecule has 0 spiro atoms. The average molecular weight is 210 g/mol. The summed E-state index contributed by atoms with van der Waals surface area (Å²) in [5.41, 5.74) is 2.62. The minimum atomic E-state index is 0.961. The normalized spacial score (nSPS) is 10.4. The highest BCUT2D eigenvalue weighted by atomic mass is 32.2. The number of aromatic nitrogens is 1. The molecule has 1 N–H and O–H groups in total. The maximum atomic E-state index is 4.07. The van der Waals surface area contributed by atoms with Crippen LogP contribution in [0.25, 0.3) is 0 Å². The second kappa shape index (κ2) is 6.85. The van der Waals surface area contributed by atoms with Crippen molar-refractivity contribution >= 4 is 11.8 Å². The zero-order valence-corrected chi connectivity index (χ0v) is 9.73. The van der Waals surface area contributed by atoms with Crippen LogP contribution in [0.15, 0.2) is 18.5 Å². The molecule has 0 fully saturated rings. The van der Waals surface area contributed by atoms with Gasteiger partial charge in [-0.1, -0.05) is 0 Å². The van der Waals surface area contributed by atoms with Crippen molar-refractivity contribution in [3.8, 4) is 0 Å². The van der Waals surface area contributed by atoms with E-state index >= 15 is 0 Å². The molecule has 1 heterocycles. The summed E-state index contributed by atoms with van der Waals surface area (Å²) in [5, 5.41) is 3.44. The second-order valence-corrected chi connectivity index (χ2v) is 4.31. The third-order valence-electron chi connectivity index (χ3n) is 2.15. The molecule has 0 saturated heterocycles. The SMILES string of the molecule is CSCCCNCc1ccncc1C. The molecule has 3 heteroatoms. The molecular formula is C11H18N2S. The summed E-state index contributed by atoms with van der Waals surface area (Å²) in [6.07, 6.45) is 7.16. The van der Waals surface area contributed by atoms with Gasteiger partial charge in [-0.2, -0.15) is 11.8 Å². The second-order valence-electron chi connectivity index (χ2n) is 3.33. The summed E-state index contributed by atoms with van der Waals surface area (Å²) in [4.78, 5) is 4.07. The van der Waals surface area contributed by atoms with Crippen LogP contribution in [0.2, 0.25) is 0 Å². The van der Waals surface area contributed by atoms with Gasteiger partial charge in [-0.25, -0.2) is 0 Å². The van der Waals surface area contributed by atoms with Crippen LogP contribution >= 0.6 is 11.8 Å². The summed E-state index contributed by atoms with van der Waals surface area (Å²) >= 11 is 1.90. The Labute approximate surface area is 90.5 Å². The van der Waals surface area contributed by atoms with Crippen LogP contribution in [0.5, 0.6) is 0 Å². The van der Waals surface area contributed by atoms with Crippen LogP contribution in [-0.4, -0.2) is 23.5 Å². The fraction of sp³-hybridized carbons (Fsp3) is 0.545. The molecule has 0 saturated carbocycles. The van der Waals surface area contributed by atoms with Gasteiger partial charge in [0.25, 0.3) is 0 Å². The van der Waals surface area contributed by atoms with E-state index in [4.69, 9.17) is 0 Å². The van der Waals surface area contributed by atoms with Crippen LogP contribution in [0.1, 0.15) is 17.5 Å². The van der Waals surface area contributed by atoms with Crippen molar-refractivity contribution in [2.45, 2.75) is 19.9 Å². The molecule has 1 aromatic heterocycles. The summed E-state index contributed by atoms with van der Waals surface area (Å²) in [6.45, 7) is 4.16. The topological polar surface area (TPSA) is 24.9 Å². The maximum Gasteiger partial charge on any atom is 0.0300 e. The van der Waals surface area contributed by atoms with Gasteiger partial charge in [0.15, 0.2) is 0 Å². The molecule has 78 valence electrons. The number of nitrogens with zero attached hydrogens (tertiary/aromatic N) is 1. The minimum absolute atomic E-state index is 0.961. The summed E-state index contributed by atoms with van der Waals surface area (Å²) < 4.78 is 0. The van der Waals surface area contributed by atoms with E-state index in [0.717, 1.165) is 13.1 Å². The van der Waals surface area contributed by atoms with Crippen molar-refractivity contribution < 1.29 is 0 Å². The molecule has 0 aliphatic heterocycles. The number of hydrogen-bond donors (Lipinski definition) is 1. The maximum absolute atomic E-state index is 4.07. The fourth-order valence-electron chi connectivity index (χ4n) is 1.27. The molecule has 0 atom stereocenters. The van der Waals surface area contributed by atoms with E-state index in [1.807, 2.05) is 24.2 Å². The van der Waals surface area contributed by atoms with E-state index in [1.165, 1.54) is 23.3 Å². The van der Waals surface area contributed by atoms with Gasteiger partial charge >= 0.3 is 0 Å². The molecule has 14 heavy (non-hydrogen) atoms. The quantitative estimate of drug-likeness (QED) is 0.729. The van der Waals surface area contributed by atoms with Gasteiger partial charge in [0.2, 0.25) is 0 Å². The summed E-state index contributed by atoms with van der Waals surface area (Å²) in [7, 11) is 0. The van der Waals surface area contributed by atoms with E-state index in [0.29, 0.717) is 0 Å². The lowest BCUT2D eigenvalue weighted by atomic mass is 10.1. The first-order valence-electron chi connectivity index (χ1n) is 4.93. The van der Waals surface area contributed by atoms with Crippen LogP contribution in [0.3, 0.4) is 0 Å². The van der Waals surface area contributed by atoms with Crippen molar-refractivity contribution in [3.63, 3.8) is 0 Å². The molecular weight excluding hydrogens is 192 g/mol. The lowest BCUT2D eigenvalue weighted by Crippen LogP contribution is -2.15. The first-order chi connectivity index (χ1) is 6.84. The fourth-order valence-corrected chi connectivity index (χ4v) is 1.70. The molecule has 0 unspecified atom stereocenters. The summed E-state index contributed by atoms with van der Waals surface area (Å²) in [5.74, 6) is 1.24. The highest BCUT2D eigenvalue weighted by Gasteiger charge is 1.95. The van der Waals surface area contributed by atoms with Crippen molar-refractivity contribution in [2.24, 2.45) is 0 Å². The molecule has 0 aliphatic rings. The highest BCUT2D eigenvalue weighted by Crippen LogP contribution is 2.04. The largest absolute Gasteiger partial charge is 0.313 e. The average Bonchev–Trinajstić information content (AvgIpc) is 2.20. The van der Waals surface area contributed by atoms with Crippen molar-refractivity contribution in [2.75, 3.05) is 18.6 Å². The van der Waals surface area contributed by atoms with E-state index < -0.39 is 0 Å². The van der Waals surface area contributed by atoms with E-state index in [1.54, 1.807) is 0 Å². The first-order valence-corrected chi connectivity index (χ1v) is 6.33. The smallest absolute Gasteiger partial charge is 0.0300 e. The van der Waals surface area contributed by atoms with Gasteiger partial charge < -0.3 is 5.32 Å². The Kier molecular flexibility index (Phi) is 5.64.